The summed E-state index contributed by atoms with van der Waals surface area (Å²) in [6.45, 7) is 10.1. The number of amides is 1. The lowest BCUT2D eigenvalue weighted by atomic mass is 10.0. The van der Waals surface area contributed by atoms with E-state index in [2.05, 4.69) is 29.4 Å². The van der Waals surface area contributed by atoms with Gasteiger partial charge in [-0.15, -0.1) is 5.10 Å². The fourth-order valence-electron chi connectivity index (χ4n) is 2.89. The quantitative estimate of drug-likeness (QED) is 0.784. The average molecular weight is 359 g/mol. The van der Waals surface area contributed by atoms with E-state index < -0.39 is 0 Å². The Hall–Kier alpha value is -2.44. The highest BCUT2D eigenvalue weighted by atomic mass is 16.2. The highest BCUT2D eigenvalue weighted by Crippen LogP contribution is 2.09. The second-order valence-corrected chi connectivity index (χ2v) is 7.32. The molecule has 0 bridgehead atoms. The fourth-order valence-corrected chi connectivity index (χ4v) is 2.89. The molecule has 2 aromatic rings. The van der Waals surface area contributed by atoms with Gasteiger partial charge in [-0.3, -0.25) is 9.59 Å². The van der Waals surface area contributed by atoms with Crippen LogP contribution in [0.1, 0.15) is 51.4 Å². The maximum Gasteiger partial charge on any atom is 0.267 e. The molecule has 2 rings (SSSR count). The minimum Gasteiger partial charge on any atom is -0.352 e. The molecule has 0 aliphatic carbocycles. The second kappa shape index (κ2) is 8.78. The first-order valence-corrected chi connectivity index (χ1v) is 9.17. The highest BCUT2D eigenvalue weighted by Gasteiger charge is 2.12. The molecule has 0 saturated carbocycles. The Morgan fingerprint density at radius 3 is 2.50 bits per heavy atom. The van der Waals surface area contributed by atoms with Gasteiger partial charge in [0.05, 0.1) is 5.69 Å². The van der Waals surface area contributed by atoms with E-state index in [4.69, 9.17) is 0 Å². The highest BCUT2D eigenvalue weighted by molar-refractivity contribution is 5.75. The predicted octanol–water partition coefficient (Wildman–Crippen LogP) is 2.38. The van der Waals surface area contributed by atoms with Crippen LogP contribution in [0.4, 0.5) is 0 Å². The van der Waals surface area contributed by atoms with Gasteiger partial charge in [-0.05, 0) is 45.2 Å². The maximum absolute atomic E-state index is 12.3. The van der Waals surface area contributed by atoms with Crippen LogP contribution in [0.5, 0.6) is 0 Å². The van der Waals surface area contributed by atoms with E-state index in [1.54, 1.807) is 10.7 Å². The molecule has 2 aromatic heterocycles. The first-order chi connectivity index (χ1) is 12.3. The summed E-state index contributed by atoms with van der Waals surface area (Å²) in [6, 6.07) is 5.04. The van der Waals surface area contributed by atoms with Crippen molar-refractivity contribution in [2.24, 2.45) is 5.92 Å². The topological polar surface area (TPSA) is 81.8 Å². The zero-order valence-electron chi connectivity index (χ0n) is 16.3. The molecule has 7 heteroatoms. The molecule has 26 heavy (non-hydrogen) atoms. The molecule has 0 unspecified atom stereocenters. The van der Waals surface area contributed by atoms with Crippen molar-refractivity contribution in [1.82, 2.24) is 24.9 Å². The van der Waals surface area contributed by atoms with Gasteiger partial charge in [0.25, 0.3) is 5.56 Å². The molecular formula is C19H29N5O2. The molecule has 0 spiro atoms. The lowest BCUT2D eigenvalue weighted by Gasteiger charge is -2.15. The molecule has 1 amide bonds. The minimum atomic E-state index is -0.308. The zero-order valence-corrected chi connectivity index (χ0v) is 16.3. The lowest BCUT2D eigenvalue weighted by Crippen LogP contribution is -2.38. The Morgan fingerprint density at radius 2 is 1.88 bits per heavy atom. The Morgan fingerprint density at radius 1 is 1.15 bits per heavy atom. The fraction of sp³-hybridized carbons (Fsp3) is 0.579. The number of hydrogen-bond acceptors (Lipinski definition) is 4. The summed E-state index contributed by atoms with van der Waals surface area (Å²) in [5.41, 5.74) is 1.48. The van der Waals surface area contributed by atoms with Crippen LogP contribution in [0.25, 0.3) is 5.82 Å². The molecule has 142 valence electrons. The number of rotatable bonds is 8. The van der Waals surface area contributed by atoms with Crippen LogP contribution in [0.2, 0.25) is 0 Å². The van der Waals surface area contributed by atoms with E-state index in [0.29, 0.717) is 11.7 Å². The minimum absolute atomic E-state index is 0.0798. The van der Waals surface area contributed by atoms with Crippen molar-refractivity contribution in [3.63, 3.8) is 0 Å². The monoisotopic (exact) mass is 359 g/mol. The van der Waals surface area contributed by atoms with Crippen LogP contribution in [0.3, 0.4) is 0 Å². The molecule has 7 nitrogen and oxygen atoms in total. The van der Waals surface area contributed by atoms with Gasteiger partial charge in [0, 0.05) is 17.8 Å². The van der Waals surface area contributed by atoms with Crippen LogP contribution < -0.4 is 10.9 Å². The van der Waals surface area contributed by atoms with Crippen LogP contribution >= 0.6 is 0 Å². The normalized spacial score (nSPS) is 12.4. The van der Waals surface area contributed by atoms with Crippen LogP contribution in [-0.4, -0.2) is 31.5 Å². The molecule has 0 aliphatic heterocycles. The summed E-state index contributed by atoms with van der Waals surface area (Å²) in [4.78, 5) is 24.3. The van der Waals surface area contributed by atoms with Crippen molar-refractivity contribution >= 4 is 5.91 Å². The number of carbonyl (C=O) groups is 1. The number of nitrogens with one attached hydrogen (secondary N) is 1. The Balaban J connectivity index is 2.02. The van der Waals surface area contributed by atoms with Gasteiger partial charge in [-0.2, -0.15) is 5.10 Å². The first kappa shape index (κ1) is 19.9. The first-order valence-electron chi connectivity index (χ1n) is 9.17. The molecule has 0 radical (unpaired) electrons. The molecule has 1 atom stereocenters. The molecule has 0 saturated heterocycles. The number of aromatic nitrogens is 4. The largest absolute Gasteiger partial charge is 0.352 e. The third-order valence-electron chi connectivity index (χ3n) is 4.20. The van der Waals surface area contributed by atoms with Crippen molar-refractivity contribution in [1.29, 1.82) is 0 Å². The Bertz CT molecular complexity index is 807. The van der Waals surface area contributed by atoms with Crippen molar-refractivity contribution in [2.45, 2.75) is 66.5 Å². The average Bonchev–Trinajstić information content (AvgIpc) is 2.87. The maximum atomic E-state index is 12.3. The van der Waals surface area contributed by atoms with Gasteiger partial charge in [0.2, 0.25) is 5.91 Å². The molecule has 2 heterocycles. The van der Waals surface area contributed by atoms with Gasteiger partial charge in [0.15, 0.2) is 5.82 Å². The van der Waals surface area contributed by atoms with Crippen molar-refractivity contribution in [3.8, 4) is 5.82 Å². The summed E-state index contributed by atoms with van der Waals surface area (Å²) in [5, 5.41) is 11.6. The van der Waals surface area contributed by atoms with Crippen LogP contribution in [0, 0.1) is 19.8 Å². The molecule has 1 N–H and O–H groups in total. The van der Waals surface area contributed by atoms with Gasteiger partial charge >= 0.3 is 0 Å². The standard InChI is InChI=1S/C19H29N5O2/c1-13(2)7-6-8-14(3)20-18(25)12-23-19(26)10-9-17(22-23)24-16(5)11-15(4)21-24/h9-11,13-14H,6-8,12H2,1-5H3,(H,20,25)/t14-/m0/s1. The Kier molecular flexibility index (Phi) is 6.71. The number of nitrogens with zero attached hydrogens (tertiary/aromatic N) is 4. The van der Waals surface area contributed by atoms with Gasteiger partial charge in [-0.1, -0.05) is 26.7 Å². The lowest BCUT2D eigenvalue weighted by molar-refractivity contribution is -0.122. The Labute approximate surface area is 154 Å². The van der Waals surface area contributed by atoms with Gasteiger partial charge in [0.1, 0.15) is 6.54 Å². The van der Waals surface area contributed by atoms with E-state index in [-0.39, 0.29) is 24.1 Å². The smallest absolute Gasteiger partial charge is 0.267 e. The summed E-state index contributed by atoms with van der Waals surface area (Å²) >= 11 is 0. The van der Waals surface area contributed by atoms with Crippen molar-refractivity contribution < 1.29 is 4.79 Å². The summed E-state index contributed by atoms with van der Waals surface area (Å²) in [7, 11) is 0. The molecule has 0 aliphatic rings. The SMILES string of the molecule is Cc1cc(C)n(-c2ccc(=O)n(CC(=O)N[C@@H](C)CCCC(C)C)n2)n1. The zero-order chi connectivity index (χ0) is 19.3. The molecule has 0 fully saturated rings. The second-order valence-electron chi connectivity index (χ2n) is 7.32. The van der Waals surface area contributed by atoms with Gasteiger partial charge in [-0.25, -0.2) is 9.36 Å². The van der Waals surface area contributed by atoms with E-state index >= 15 is 0 Å². The van der Waals surface area contributed by atoms with Crippen molar-refractivity contribution in [2.75, 3.05) is 0 Å². The van der Waals surface area contributed by atoms with Crippen LogP contribution in [-0.2, 0) is 11.3 Å². The van der Waals surface area contributed by atoms with Crippen LogP contribution in [0.15, 0.2) is 23.0 Å². The third kappa shape index (κ3) is 5.54. The van der Waals surface area contributed by atoms with Gasteiger partial charge < -0.3 is 5.32 Å². The number of hydrogen-bond donors (Lipinski definition) is 1. The van der Waals surface area contributed by atoms with Crippen molar-refractivity contribution in [3.05, 3.63) is 39.9 Å². The number of carbonyl (C=O) groups excluding carboxylic acids is 1. The molecular weight excluding hydrogens is 330 g/mol. The summed E-state index contributed by atoms with van der Waals surface area (Å²) < 4.78 is 2.85. The summed E-state index contributed by atoms with van der Waals surface area (Å²) in [5.74, 6) is 0.980. The van der Waals surface area contributed by atoms with E-state index in [0.717, 1.165) is 30.7 Å². The summed E-state index contributed by atoms with van der Waals surface area (Å²) in [6.07, 6.45) is 3.15. The van der Waals surface area contributed by atoms with E-state index in [9.17, 15) is 9.59 Å². The molecule has 0 aromatic carbocycles. The van der Waals surface area contributed by atoms with E-state index in [1.165, 1.54) is 10.7 Å². The van der Waals surface area contributed by atoms with E-state index in [1.807, 2.05) is 26.8 Å². The third-order valence-corrected chi connectivity index (χ3v) is 4.20. The predicted molar refractivity (Wildman–Crippen MR) is 101 cm³/mol. The number of aryl methyl sites for hydroxylation is 2.